The van der Waals surface area contributed by atoms with E-state index in [0.717, 1.165) is 13.0 Å². The zero-order chi connectivity index (χ0) is 9.07. The summed E-state index contributed by atoms with van der Waals surface area (Å²) in [6.07, 6.45) is 2.47. The summed E-state index contributed by atoms with van der Waals surface area (Å²) in [5.74, 6) is -2.82. The minimum Gasteiger partial charge on any atom is -0.202 e. The lowest BCUT2D eigenvalue weighted by molar-refractivity contribution is 0.0675. The molecule has 0 radical (unpaired) electrons. The Balaban J connectivity index is 4.68. The predicted octanol–water partition coefficient (Wildman–Crippen LogP) is 3.33. The molecule has 0 atom stereocenters. The Hall–Kier alpha value is -0.920. The van der Waals surface area contributed by atoms with E-state index in [2.05, 4.69) is 13.2 Å². The van der Waals surface area contributed by atoms with Gasteiger partial charge in [-0.3, -0.25) is 0 Å². The fourth-order valence-corrected chi connectivity index (χ4v) is 0.630. The fourth-order valence-electron chi connectivity index (χ4n) is 0.630. The number of rotatable bonds is 3. The number of hydrogen-bond donors (Lipinski definition) is 0. The Morgan fingerprint density at radius 3 is 2.00 bits per heavy atom. The van der Waals surface area contributed by atoms with E-state index in [0.29, 0.717) is 5.57 Å². The summed E-state index contributed by atoms with van der Waals surface area (Å²) in [7, 11) is 0. The highest BCUT2D eigenvalue weighted by molar-refractivity contribution is 5.30. The first kappa shape index (κ1) is 10.1. The molecule has 0 rings (SSSR count). The summed E-state index contributed by atoms with van der Waals surface area (Å²) in [5, 5.41) is 0. The monoisotopic (exact) mass is 158 g/mol. The summed E-state index contributed by atoms with van der Waals surface area (Å²) >= 11 is 0. The number of hydrogen-bond acceptors (Lipinski definition) is 0. The van der Waals surface area contributed by atoms with Crippen LogP contribution >= 0.6 is 0 Å². The maximum absolute atomic E-state index is 12.6. The van der Waals surface area contributed by atoms with Gasteiger partial charge in [-0.25, -0.2) is 8.78 Å². The van der Waals surface area contributed by atoms with Crippen molar-refractivity contribution in [2.24, 2.45) is 0 Å². The molecule has 0 aliphatic heterocycles. The van der Waals surface area contributed by atoms with Gasteiger partial charge in [0.1, 0.15) is 0 Å². The summed E-state index contributed by atoms with van der Waals surface area (Å²) in [4.78, 5) is 0. The van der Waals surface area contributed by atoms with Crippen LogP contribution in [-0.2, 0) is 0 Å². The average Bonchev–Trinajstić information content (AvgIpc) is 1.79. The summed E-state index contributed by atoms with van der Waals surface area (Å²) < 4.78 is 25.1. The molecule has 0 fully saturated rings. The topological polar surface area (TPSA) is 0 Å². The van der Waals surface area contributed by atoms with Crippen molar-refractivity contribution >= 4 is 0 Å². The molecule has 11 heavy (non-hydrogen) atoms. The predicted molar refractivity (Wildman–Crippen MR) is 43.7 cm³/mol. The van der Waals surface area contributed by atoms with Gasteiger partial charge in [0.25, 0.3) is 5.92 Å². The van der Waals surface area contributed by atoms with E-state index < -0.39 is 5.92 Å². The lowest BCUT2D eigenvalue weighted by atomic mass is 10.1. The molecule has 0 saturated heterocycles. The van der Waals surface area contributed by atoms with E-state index in [9.17, 15) is 8.78 Å². The molecule has 0 N–H and O–H groups in total. The standard InChI is InChI=1S/C9H12F2/c1-5-8(6-7(2)3)9(4,10)11/h5-6H,1-2H2,3-4H3/b8-6+. The Labute approximate surface area is 65.9 Å². The van der Waals surface area contributed by atoms with Crippen LogP contribution in [0.3, 0.4) is 0 Å². The Kier molecular flexibility index (Phi) is 3.18. The normalized spacial score (nSPS) is 12.9. The molecule has 0 aromatic carbocycles. The smallest absolute Gasteiger partial charge is 0.202 e. The Bertz CT molecular complexity index is 194. The summed E-state index contributed by atoms with van der Waals surface area (Å²) in [5.41, 5.74) is 0.506. The first-order chi connectivity index (χ1) is 4.88. The Morgan fingerprint density at radius 2 is 1.91 bits per heavy atom. The van der Waals surface area contributed by atoms with Crippen molar-refractivity contribution in [3.8, 4) is 0 Å². The molecule has 2 heteroatoms. The molecule has 0 aliphatic rings. The molecule has 0 aromatic heterocycles. The second-order valence-corrected chi connectivity index (χ2v) is 2.54. The van der Waals surface area contributed by atoms with Crippen LogP contribution in [0.5, 0.6) is 0 Å². The minimum atomic E-state index is -2.82. The first-order valence-electron chi connectivity index (χ1n) is 3.26. The molecule has 0 aliphatic carbocycles. The zero-order valence-corrected chi connectivity index (χ0v) is 6.82. The van der Waals surface area contributed by atoms with Gasteiger partial charge in [0, 0.05) is 12.5 Å². The highest BCUT2D eigenvalue weighted by Crippen LogP contribution is 2.24. The van der Waals surface area contributed by atoms with Crippen LogP contribution in [0.2, 0.25) is 0 Å². The van der Waals surface area contributed by atoms with Gasteiger partial charge in [-0.15, -0.1) is 0 Å². The Morgan fingerprint density at radius 1 is 1.45 bits per heavy atom. The minimum absolute atomic E-state index is 0.0926. The van der Waals surface area contributed by atoms with E-state index in [1.54, 1.807) is 6.92 Å². The van der Waals surface area contributed by atoms with Gasteiger partial charge < -0.3 is 0 Å². The molecular weight excluding hydrogens is 146 g/mol. The van der Waals surface area contributed by atoms with E-state index in [-0.39, 0.29) is 5.57 Å². The maximum Gasteiger partial charge on any atom is 0.270 e. The fraction of sp³-hybridized carbons (Fsp3) is 0.333. The van der Waals surface area contributed by atoms with E-state index >= 15 is 0 Å². The third kappa shape index (κ3) is 3.71. The van der Waals surface area contributed by atoms with Crippen LogP contribution in [0.15, 0.2) is 36.5 Å². The second-order valence-electron chi connectivity index (χ2n) is 2.54. The van der Waals surface area contributed by atoms with Crippen molar-refractivity contribution in [1.29, 1.82) is 0 Å². The number of halogens is 2. The molecule has 0 amide bonds. The molecule has 0 aromatic rings. The van der Waals surface area contributed by atoms with Crippen LogP contribution < -0.4 is 0 Å². The van der Waals surface area contributed by atoms with Crippen molar-refractivity contribution in [3.05, 3.63) is 36.5 Å². The average molecular weight is 158 g/mol. The molecule has 0 bridgehead atoms. The third-order valence-corrected chi connectivity index (χ3v) is 1.13. The van der Waals surface area contributed by atoms with Gasteiger partial charge >= 0.3 is 0 Å². The van der Waals surface area contributed by atoms with Gasteiger partial charge in [0.15, 0.2) is 0 Å². The molecule has 0 unspecified atom stereocenters. The maximum atomic E-state index is 12.6. The SMILES string of the molecule is C=C/C(=C\C(=C)C)C(C)(F)F. The molecule has 0 spiro atoms. The quantitative estimate of drug-likeness (QED) is 0.552. The van der Waals surface area contributed by atoms with Crippen LogP contribution in [0, 0.1) is 0 Å². The zero-order valence-electron chi connectivity index (χ0n) is 6.82. The van der Waals surface area contributed by atoms with Gasteiger partial charge in [0.05, 0.1) is 0 Å². The van der Waals surface area contributed by atoms with Gasteiger partial charge in [-0.1, -0.05) is 30.9 Å². The molecule has 0 saturated carbocycles. The van der Waals surface area contributed by atoms with Gasteiger partial charge in [0.2, 0.25) is 0 Å². The van der Waals surface area contributed by atoms with Crippen LogP contribution in [-0.4, -0.2) is 5.92 Å². The van der Waals surface area contributed by atoms with Gasteiger partial charge in [-0.2, -0.15) is 0 Å². The molecular formula is C9H12F2. The van der Waals surface area contributed by atoms with Crippen LogP contribution in [0.1, 0.15) is 13.8 Å². The van der Waals surface area contributed by atoms with Crippen LogP contribution in [0.4, 0.5) is 8.78 Å². The van der Waals surface area contributed by atoms with Crippen LogP contribution in [0.25, 0.3) is 0 Å². The first-order valence-corrected chi connectivity index (χ1v) is 3.26. The van der Waals surface area contributed by atoms with Crippen molar-refractivity contribution in [1.82, 2.24) is 0 Å². The van der Waals surface area contributed by atoms with E-state index in [1.807, 2.05) is 0 Å². The lowest BCUT2D eigenvalue weighted by Crippen LogP contribution is -2.11. The van der Waals surface area contributed by atoms with Crippen molar-refractivity contribution in [2.45, 2.75) is 19.8 Å². The summed E-state index contributed by atoms with van der Waals surface area (Å²) in [6.45, 7) is 9.29. The number of allylic oxidation sites excluding steroid dienone is 4. The molecule has 0 heterocycles. The van der Waals surface area contributed by atoms with Gasteiger partial charge in [-0.05, 0) is 6.92 Å². The highest BCUT2D eigenvalue weighted by Gasteiger charge is 2.24. The lowest BCUT2D eigenvalue weighted by Gasteiger charge is -2.10. The van der Waals surface area contributed by atoms with E-state index in [4.69, 9.17) is 0 Å². The molecule has 0 nitrogen and oxygen atoms in total. The third-order valence-electron chi connectivity index (χ3n) is 1.13. The summed E-state index contributed by atoms with van der Waals surface area (Å²) in [6, 6.07) is 0. The van der Waals surface area contributed by atoms with Crippen molar-refractivity contribution < 1.29 is 8.78 Å². The largest absolute Gasteiger partial charge is 0.270 e. The number of alkyl halides is 2. The highest BCUT2D eigenvalue weighted by atomic mass is 19.3. The van der Waals surface area contributed by atoms with Crippen molar-refractivity contribution in [3.63, 3.8) is 0 Å². The second kappa shape index (κ2) is 3.46. The van der Waals surface area contributed by atoms with Crippen molar-refractivity contribution in [2.75, 3.05) is 0 Å². The van der Waals surface area contributed by atoms with E-state index in [1.165, 1.54) is 6.08 Å². The molecule has 62 valence electrons.